The second-order valence-electron chi connectivity index (χ2n) is 10.2. The van der Waals surface area contributed by atoms with Crippen LogP contribution < -0.4 is 15.8 Å². The number of alkyl halides is 3. The van der Waals surface area contributed by atoms with Gasteiger partial charge in [-0.25, -0.2) is 19.3 Å². The minimum Gasteiger partial charge on any atom is -0.369 e. The lowest BCUT2D eigenvalue weighted by Gasteiger charge is -2.34. The number of hydrogen-bond acceptors (Lipinski definition) is 7. The molecule has 0 saturated carbocycles. The number of benzene rings is 1. The van der Waals surface area contributed by atoms with E-state index in [1.165, 1.54) is 21.6 Å². The summed E-state index contributed by atoms with van der Waals surface area (Å²) in [5.41, 5.74) is 2.32. The number of aryl methyl sites for hydroxylation is 1. The summed E-state index contributed by atoms with van der Waals surface area (Å²) >= 11 is 0. The van der Waals surface area contributed by atoms with E-state index in [0.717, 1.165) is 37.6 Å². The summed E-state index contributed by atoms with van der Waals surface area (Å²) < 4.78 is 43.9. The van der Waals surface area contributed by atoms with Crippen LogP contribution in [0.1, 0.15) is 23.6 Å². The van der Waals surface area contributed by atoms with E-state index >= 15 is 0 Å². The first-order valence-electron chi connectivity index (χ1n) is 13.2. The summed E-state index contributed by atoms with van der Waals surface area (Å²) in [6.45, 7) is 7.79. The average Bonchev–Trinajstić information content (AvgIpc) is 3.48. The predicted octanol–water partition coefficient (Wildman–Crippen LogP) is 4.25. The Kier molecular flexibility index (Phi) is 6.57. The van der Waals surface area contributed by atoms with Crippen LogP contribution in [-0.2, 0) is 13.0 Å². The van der Waals surface area contributed by atoms with Crippen molar-refractivity contribution in [2.24, 2.45) is 0 Å². The minimum absolute atomic E-state index is 0.00250. The van der Waals surface area contributed by atoms with Crippen molar-refractivity contribution < 1.29 is 13.2 Å². The van der Waals surface area contributed by atoms with Gasteiger partial charge in [-0.2, -0.15) is 18.2 Å². The minimum atomic E-state index is -4.39. The van der Waals surface area contributed by atoms with Crippen LogP contribution in [-0.4, -0.2) is 68.6 Å². The Hall–Kier alpha value is -4.19. The van der Waals surface area contributed by atoms with Crippen molar-refractivity contribution in [1.29, 1.82) is 0 Å². The topological polar surface area (TPSA) is 84.1 Å². The Morgan fingerprint density at radius 1 is 1.07 bits per heavy atom. The van der Waals surface area contributed by atoms with Crippen LogP contribution in [0.15, 0.2) is 60.0 Å². The van der Waals surface area contributed by atoms with E-state index in [4.69, 9.17) is 0 Å². The molecule has 2 aliphatic rings. The molecule has 0 amide bonds. The number of aromatic nitrogens is 5. The molecule has 9 nitrogen and oxygen atoms in total. The number of allylic oxidation sites excluding steroid dienone is 1. The monoisotopic (exact) mass is 550 g/mol. The van der Waals surface area contributed by atoms with Gasteiger partial charge < -0.3 is 15.1 Å². The van der Waals surface area contributed by atoms with E-state index in [1.54, 1.807) is 12.1 Å². The van der Waals surface area contributed by atoms with E-state index in [2.05, 4.69) is 43.7 Å². The molecular weight excluding hydrogens is 521 g/mol. The molecule has 1 aromatic carbocycles. The van der Waals surface area contributed by atoms with E-state index in [1.807, 2.05) is 24.3 Å². The summed E-state index contributed by atoms with van der Waals surface area (Å²) in [5.74, 6) is -1.20. The zero-order valence-electron chi connectivity index (χ0n) is 22.0. The van der Waals surface area contributed by atoms with Gasteiger partial charge in [0.1, 0.15) is 5.39 Å². The largest absolute Gasteiger partial charge is 0.397 e. The Balaban J connectivity index is 1.36. The predicted molar refractivity (Wildman–Crippen MR) is 148 cm³/mol. The number of anilines is 3. The van der Waals surface area contributed by atoms with Crippen LogP contribution in [0.3, 0.4) is 0 Å². The summed E-state index contributed by atoms with van der Waals surface area (Å²) in [6.07, 6.45) is -1.16. The highest BCUT2D eigenvalue weighted by atomic mass is 19.4. The van der Waals surface area contributed by atoms with Crippen molar-refractivity contribution in [2.75, 3.05) is 43.4 Å². The van der Waals surface area contributed by atoms with Crippen LogP contribution in [0.4, 0.5) is 30.5 Å². The van der Waals surface area contributed by atoms with Crippen LogP contribution in [0, 0.1) is 0 Å². The van der Waals surface area contributed by atoms with E-state index in [-0.39, 0.29) is 47.0 Å². The van der Waals surface area contributed by atoms with Gasteiger partial charge in [0.05, 0.1) is 18.2 Å². The molecule has 3 aromatic heterocycles. The third-order valence-corrected chi connectivity index (χ3v) is 7.61. The Morgan fingerprint density at radius 2 is 1.82 bits per heavy atom. The Bertz CT molecular complexity index is 1620. The lowest BCUT2D eigenvalue weighted by atomic mass is 10.1. The molecule has 1 atom stereocenters. The molecule has 0 bridgehead atoms. The van der Waals surface area contributed by atoms with Crippen LogP contribution in [0.5, 0.6) is 0 Å². The first-order valence-corrected chi connectivity index (χ1v) is 13.2. The molecule has 1 unspecified atom stereocenters. The van der Waals surface area contributed by atoms with Gasteiger partial charge in [0.2, 0.25) is 5.95 Å². The van der Waals surface area contributed by atoms with Crippen LogP contribution in [0.2, 0.25) is 0 Å². The molecule has 1 saturated heterocycles. The number of pyridine rings is 1. The first-order chi connectivity index (χ1) is 19.2. The van der Waals surface area contributed by atoms with Crippen molar-refractivity contribution >= 4 is 28.4 Å². The molecule has 0 radical (unpaired) electrons. The first kappa shape index (κ1) is 26.1. The Labute approximate surface area is 228 Å². The fourth-order valence-corrected chi connectivity index (χ4v) is 5.44. The molecule has 4 heterocycles. The maximum absolute atomic E-state index is 13.7. The van der Waals surface area contributed by atoms with Crippen molar-refractivity contribution in [1.82, 2.24) is 29.2 Å². The van der Waals surface area contributed by atoms with Crippen molar-refractivity contribution in [2.45, 2.75) is 31.5 Å². The molecule has 6 rings (SSSR count). The summed E-state index contributed by atoms with van der Waals surface area (Å²) in [5, 5.41) is 3.41. The quantitative estimate of drug-likeness (QED) is 0.360. The highest BCUT2D eigenvalue weighted by Crippen LogP contribution is 2.43. The Morgan fingerprint density at radius 3 is 2.52 bits per heavy atom. The van der Waals surface area contributed by atoms with Gasteiger partial charge in [-0.15, -0.1) is 6.58 Å². The lowest BCUT2D eigenvalue weighted by Crippen LogP contribution is -2.44. The standard InChI is InChI=1S/C28H29F3N8O/c1-3-12-38-26(40)21-17-32-27(33-19-6-8-20(9-7-19)37-15-13-36(2)14-16-37)35-25(21)39(38)23-11-5-18-4-10-22(24(18)34-23)28(29,30)31/h3,5-9,11,17,22H,1,4,10,12-16H2,2H3,(H,32,33,35). The van der Waals surface area contributed by atoms with Crippen LogP contribution >= 0.6 is 0 Å². The van der Waals surface area contributed by atoms with Crippen molar-refractivity contribution in [3.63, 3.8) is 0 Å². The van der Waals surface area contributed by atoms with Crippen LogP contribution in [0.25, 0.3) is 16.9 Å². The number of fused-ring (bicyclic) bond motifs is 2. The third kappa shape index (κ3) is 4.72. The number of rotatable bonds is 6. The smallest absolute Gasteiger partial charge is 0.369 e. The second kappa shape index (κ2) is 10.1. The number of piperazine rings is 1. The van der Waals surface area contributed by atoms with Crippen molar-refractivity contribution in [3.8, 4) is 5.82 Å². The molecule has 1 fully saturated rings. The average molecular weight is 551 g/mol. The van der Waals surface area contributed by atoms with Crippen molar-refractivity contribution in [3.05, 3.63) is 76.9 Å². The van der Waals surface area contributed by atoms with Gasteiger partial charge in [0.25, 0.3) is 5.56 Å². The van der Waals surface area contributed by atoms with Gasteiger partial charge in [-0.05, 0) is 55.8 Å². The molecule has 0 spiro atoms. The highest BCUT2D eigenvalue weighted by molar-refractivity contribution is 5.77. The number of likely N-dealkylation sites (N-methyl/N-ethyl adjacent to an activating group) is 1. The van der Waals surface area contributed by atoms with E-state index in [0.29, 0.717) is 12.0 Å². The molecule has 4 aromatic rings. The molecule has 40 heavy (non-hydrogen) atoms. The van der Waals surface area contributed by atoms with Gasteiger partial charge in [0.15, 0.2) is 11.5 Å². The van der Waals surface area contributed by atoms with E-state index in [9.17, 15) is 18.0 Å². The number of nitrogens with one attached hydrogen (secondary N) is 1. The van der Waals surface area contributed by atoms with Gasteiger partial charge in [-0.1, -0.05) is 12.1 Å². The molecule has 12 heteroatoms. The number of hydrogen-bond donors (Lipinski definition) is 1. The number of nitrogens with zero attached hydrogens (tertiary/aromatic N) is 7. The zero-order valence-corrected chi connectivity index (χ0v) is 22.0. The molecule has 1 aliphatic heterocycles. The zero-order chi connectivity index (χ0) is 28.0. The van der Waals surface area contributed by atoms with Gasteiger partial charge >= 0.3 is 6.18 Å². The highest BCUT2D eigenvalue weighted by Gasteiger charge is 2.45. The van der Waals surface area contributed by atoms with Gasteiger partial charge in [-0.3, -0.25) is 4.79 Å². The fourth-order valence-electron chi connectivity index (χ4n) is 5.44. The summed E-state index contributed by atoms with van der Waals surface area (Å²) in [6, 6.07) is 11.2. The third-order valence-electron chi connectivity index (χ3n) is 7.61. The maximum atomic E-state index is 13.7. The molecule has 208 valence electrons. The second-order valence-corrected chi connectivity index (χ2v) is 10.2. The van der Waals surface area contributed by atoms with E-state index < -0.39 is 12.1 Å². The molecular formula is C28H29F3N8O. The van der Waals surface area contributed by atoms with Gasteiger partial charge in [0, 0.05) is 43.8 Å². The molecule has 1 N–H and O–H groups in total. The maximum Gasteiger partial charge on any atom is 0.397 e. The summed E-state index contributed by atoms with van der Waals surface area (Å²) in [7, 11) is 2.12. The fraction of sp³-hybridized carbons (Fsp3) is 0.357. The lowest BCUT2D eigenvalue weighted by molar-refractivity contribution is -0.150. The normalized spacial score (nSPS) is 17.8. The molecule has 1 aliphatic carbocycles. The SMILES string of the molecule is C=CCn1c(=O)c2cnc(Nc3ccc(N4CCN(C)CC4)cc3)nc2n1-c1ccc2c(n1)C(C(F)(F)F)CC2. The summed E-state index contributed by atoms with van der Waals surface area (Å²) in [4.78, 5) is 31.2. The number of halogens is 3.